The van der Waals surface area contributed by atoms with Gasteiger partial charge in [0.05, 0.1) is 0 Å². The van der Waals surface area contributed by atoms with E-state index in [0.29, 0.717) is 13.0 Å². The molecule has 1 heterocycles. The summed E-state index contributed by atoms with van der Waals surface area (Å²) in [6.07, 6.45) is 2.27. The van der Waals surface area contributed by atoms with Crippen LogP contribution in [0.2, 0.25) is 0 Å². The number of nitrogens with two attached hydrogens (primary N) is 2. The molecule has 4 amide bonds. The highest BCUT2D eigenvalue weighted by atomic mass is 16.2. The number of rotatable bonds is 1. The Bertz CT molecular complexity index is 219. The SMILES string of the molecule is NC(=O)NC1CCCCN1C(N)=O. The molecular formula is C7H14N4O2. The molecule has 6 heteroatoms. The molecule has 0 saturated carbocycles. The van der Waals surface area contributed by atoms with Gasteiger partial charge in [-0.1, -0.05) is 0 Å². The van der Waals surface area contributed by atoms with Crippen molar-refractivity contribution in [2.45, 2.75) is 25.4 Å². The van der Waals surface area contributed by atoms with Crippen molar-refractivity contribution in [2.24, 2.45) is 11.5 Å². The molecule has 5 N–H and O–H groups in total. The molecule has 1 saturated heterocycles. The first-order chi connectivity index (χ1) is 6.11. The Morgan fingerprint density at radius 3 is 2.54 bits per heavy atom. The monoisotopic (exact) mass is 186 g/mol. The minimum Gasteiger partial charge on any atom is -0.352 e. The maximum absolute atomic E-state index is 10.9. The van der Waals surface area contributed by atoms with Crippen LogP contribution in [-0.2, 0) is 0 Å². The summed E-state index contributed by atoms with van der Waals surface area (Å²) in [5, 5.41) is 2.48. The molecule has 6 nitrogen and oxygen atoms in total. The highest BCUT2D eigenvalue weighted by Gasteiger charge is 2.25. The van der Waals surface area contributed by atoms with E-state index in [-0.39, 0.29) is 6.17 Å². The van der Waals surface area contributed by atoms with Crippen molar-refractivity contribution in [1.82, 2.24) is 10.2 Å². The molecule has 0 spiro atoms. The van der Waals surface area contributed by atoms with Gasteiger partial charge in [-0.25, -0.2) is 9.59 Å². The molecule has 1 aliphatic heterocycles. The van der Waals surface area contributed by atoms with E-state index in [2.05, 4.69) is 5.32 Å². The molecule has 0 bridgehead atoms. The summed E-state index contributed by atoms with van der Waals surface area (Å²) < 4.78 is 0. The van der Waals surface area contributed by atoms with Gasteiger partial charge in [-0.2, -0.15) is 0 Å². The van der Waals surface area contributed by atoms with Crippen LogP contribution in [0.4, 0.5) is 9.59 Å². The van der Waals surface area contributed by atoms with Crippen LogP contribution in [0.1, 0.15) is 19.3 Å². The van der Waals surface area contributed by atoms with Crippen LogP contribution in [0, 0.1) is 0 Å². The number of urea groups is 2. The second-order valence-corrected chi connectivity index (χ2v) is 3.05. The van der Waals surface area contributed by atoms with Gasteiger partial charge in [-0.15, -0.1) is 0 Å². The lowest BCUT2D eigenvalue weighted by Gasteiger charge is -2.34. The van der Waals surface area contributed by atoms with Crippen LogP contribution in [0.5, 0.6) is 0 Å². The van der Waals surface area contributed by atoms with E-state index in [1.165, 1.54) is 4.90 Å². The number of nitrogens with zero attached hydrogens (tertiary/aromatic N) is 1. The number of amides is 4. The van der Waals surface area contributed by atoms with E-state index in [1.54, 1.807) is 0 Å². The van der Waals surface area contributed by atoms with E-state index in [4.69, 9.17) is 11.5 Å². The Balaban J connectivity index is 2.56. The van der Waals surface area contributed by atoms with Crippen molar-refractivity contribution in [3.8, 4) is 0 Å². The second kappa shape index (κ2) is 3.97. The van der Waals surface area contributed by atoms with Crippen LogP contribution in [0.3, 0.4) is 0 Å². The van der Waals surface area contributed by atoms with Crippen molar-refractivity contribution in [1.29, 1.82) is 0 Å². The summed E-state index contributed by atoms with van der Waals surface area (Å²) in [7, 11) is 0. The summed E-state index contributed by atoms with van der Waals surface area (Å²) in [4.78, 5) is 22.9. The summed E-state index contributed by atoms with van der Waals surface area (Å²) in [6.45, 7) is 0.584. The maximum Gasteiger partial charge on any atom is 0.316 e. The van der Waals surface area contributed by atoms with Crippen molar-refractivity contribution < 1.29 is 9.59 Å². The molecule has 1 atom stereocenters. The van der Waals surface area contributed by atoms with E-state index in [9.17, 15) is 9.59 Å². The zero-order valence-corrected chi connectivity index (χ0v) is 7.32. The molecule has 13 heavy (non-hydrogen) atoms. The molecule has 1 fully saturated rings. The van der Waals surface area contributed by atoms with Crippen molar-refractivity contribution in [3.05, 3.63) is 0 Å². The molecule has 1 rings (SSSR count). The fourth-order valence-electron chi connectivity index (χ4n) is 1.51. The largest absolute Gasteiger partial charge is 0.352 e. The van der Waals surface area contributed by atoms with Gasteiger partial charge in [0.15, 0.2) is 0 Å². The first-order valence-electron chi connectivity index (χ1n) is 4.23. The van der Waals surface area contributed by atoms with Gasteiger partial charge in [0.25, 0.3) is 0 Å². The van der Waals surface area contributed by atoms with Gasteiger partial charge in [-0.3, -0.25) is 0 Å². The van der Waals surface area contributed by atoms with Gasteiger partial charge in [-0.05, 0) is 19.3 Å². The van der Waals surface area contributed by atoms with Crippen LogP contribution in [0.25, 0.3) is 0 Å². The third kappa shape index (κ3) is 2.50. The quantitative estimate of drug-likeness (QED) is 0.516. The van der Waals surface area contributed by atoms with Gasteiger partial charge in [0.2, 0.25) is 0 Å². The third-order valence-electron chi connectivity index (χ3n) is 2.09. The number of carbonyl (C=O) groups is 2. The van der Waals surface area contributed by atoms with Crippen LogP contribution >= 0.6 is 0 Å². The number of hydrogen-bond donors (Lipinski definition) is 3. The Hall–Kier alpha value is -1.46. The number of carbonyl (C=O) groups excluding carboxylic acids is 2. The first kappa shape index (κ1) is 9.63. The summed E-state index contributed by atoms with van der Waals surface area (Å²) in [5.74, 6) is 0. The molecule has 0 aliphatic carbocycles. The molecule has 0 aromatic heterocycles. The Morgan fingerprint density at radius 1 is 1.31 bits per heavy atom. The number of likely N-dealkylation sites (tertiary alicyclic amines) is 1. The van der Waals surface area contributed by atoms with Gasteiger partial charge >= 0.3 is 12.1 Å². The minimum absolute atomic E-state index is 0.330. The van der Waals surface area contributed by atoms with E-state index in [0.717, 1.165) is 12.8 Å². The van der Waals surface area contributed by atoms with Crippen LogP contribution < -0.4 is 16.8 Å². The predicted molar refractivity (Wildman–Crippen MR) is 46.6 cm³/mol. The molecule has 1 unspecified atom stereocenters. The average molecular weight is 186 g/mol. The van der Waals surface area contributed by atoms with Gasteiger partial charge < -0.3 is 21.7 Å². The lowest BCUT2D eigenvalue weighted by molar-refractivity contribution is 0.144. The highest BCUT2D eigenvalue weighted by molar-refractivity contribution is 5.75. The second-order valence-electron chi connectivity index (χ2n) is 3.05. The topological polar surface area (TPSA) is 101 Å². The number of hydrogen-bond acceptors (Lipinski definition) is 2. The van der Waals surface area contributed by atoms with Crippen molar-refractivity contribution >= 4 is 12.1 Å². The minimum atomic E-state index is -0.627. The Labute approximate surface area is 76.2 Å². The molecule has 1 aliphatic rings. The van der Waals surface area contributed by atoms with E-state index < -0.39 is 12.1 Å². The maximum atomic E-state index is 10.9. The lowest BCUT2D eigenvalue weighted by Crippen LogP contribution is -2.55. The van der Waals surface area contributed by atoms with Crippen LogP contribution in [-0.4, -0.2) is 29.7 Å². The molecule has 0 aromatic carbocycles. The smallest absolute Gasteiger partial charge is 0.316 e. The fraction of sp³-hybridized carbons (Fsp3) is 0.714. The van der Waals surface area contributed by atoms with Crippen LogP contribution in [0.15, 0.2) is 0 Å². The normalized spacial score (nSPS) is 22.5. The molecule has 0 aromatic rings. The van der Waals surface area contributed by atoms with Gasteiger partial charge in [0, 0.05) is 6.54 Å². The molecule has 0 radical (unpaired) electrons. The number of nitrogens with one attached hydrogen (secondary N) is 1. The Morgan fingerprint density at radius 2 is 2.00 bits per heavy atom. The summed E-state index contributed by atoms with van der Waals surface area (Å²) >= 11 is 0. The zero-order chi connectivity index (χ0) is 9.84. The number of primary amides is 2. The van der Waals surface area contributed by atoms with E-state index >= 15 is 0 Å². The molecular weight excluding hydrogens is 172 g/mol. The lowest BCUT2D eigenvalue weighted by atomic mass is 10.1. The molecule has 74 valence electrons. The standard InChI is InChI=1S/C7H14N4O2/c8-6(12)10-5-3-1-2-4-11(5)7(9)13/h5H,1-4H2,(H2,9,13)(H3,8,10,12). The van der Waals surface area contributed by atoms with Gasteiger partial charge in [0.1, 0.15) is 6.17 Å². The fourth-order valence-corrected chi connectivity index (χ4v) is 1.51. The average Bonchev–Trinajstić information content (AvgIpc) is 2.03. The zero-order valence-electron chi connectivity index (χ0n) is 7.32. The number of piperidine rings is 1. The van der Waals surface area contributed by atoms with Crippen molar-refractivity contribution in [2.75, 3.05) is 6.54 Å². The first-order valence-corrected chi connectivity index (χ1v) is 4.23. The summed E-state index contributed by atoms with van der Waals surface area (Å²) in [6, 6.07) is -1.14. The van der Waals surface area contributed by atoms with E-state index in [1.807, 2.05) is 0 Å². The predicted octanol–water partition coefficient (Wildman–Crippen LogP) is -0.455. The van der Waals surface area contributed by atoms with Crippen molar-refractivity contribution in [3.63, 3.8) is 0 Å². The Kier molecular flexibility index (Phi) is 2.94. The highest BCUT2D eigenvalue weighted by Crippen LogP contribution is 2.13. The summed E-state index contributed by atoms with van der Waals surface area (Å²) in [5.41, 5.74) is 10.1. The third-order valence-corrected chi connectivity index (χ3v) is 2.09.